The summed E-state index contributed by atoms with van der Waals surface area (Å²) in [7, 11) is 4.07. The third kappa shape index (κ3) is 1.93. The van der Waals surface area contributed by atoms with Gasteiger partial charge in [0.1, 0.15) is 0 Å². The summed E-state index contributed by atoms with van der Waals surface area (Å²) in [6.07, 6.45) is 4.64. The Bertz CT molecular complexity index is 258. The van der Waals surface area contributed by atoms with Gasteiger partial charge in [-0.1, -0.05) is 20.3 Å². The lowest BCUT2D eigenvalue weighted by Crippen LogP contribution is -2.12. The fourth-order valence-electron chi connectivity index (χ4n) is 1.69. The third-order valence-electron chi connectivity index (χ3n) is 2.30. The van der Waals surface area contributed by atoms with E-state index >= 15 is 0 Å². The molecule has 0 aliphatic rings. The van der Waals surface area contributed by atoms with Crippen LogP contribution in [-0.2, 0) is 0 Å². The summed E-state index contributed by atoms with van der Waals surface area (Å²) in [6, 6.07) is 0. The van der Waals surface area contributed by atoms with E-state index in [1.807, 2.05) is 12.6 Å². The predicted octanol–water partition coefficient (Wildman–Crippen LogP) is -0.559. The molecule has 4 heteroatoms. The van der Waals surface area contributed by atoms with Crippen LogP contribution >= 0.6 is 0 Å². The minimum absolute atomic E-state index is 0.656. The molecule has 1 unspecified atom stereocenters. The lowest BCUT2D eigenvalue weighted by molar-refractivity contribution is 0.668. The van der Waals surface area contributed by atoms with E-state index in [2.05, 4.69) is 33.0 Å². The van der Waals surface area contributed by atoms with Gasteiger partial charge in [-0.3, -0.25) is 0 Å². The van der Waals surface area contributed by atoms with Crippen LogP contribution in [0.3, 0.4) is 0 Å². The SMILES string of the molecule is Bc1nn(B)cc1C(C)CCC. The van der Waals surface area contributed by atoms with Gasteiger partial charge in [-0.2, -0.15) is 0 Å². The van der Waals surface area contributed by atoms with Crippen LogP contribution in [0.15, 0.2) is 6.20 Å². The highest BCUT2D eigenvalue weighted by molar-refractivity contribution is 6.32. The molecule has 12 heavy (non-hydrogen) atoms. The second kappa shape index (κ2) is 3.83. The first-order valence-electron chi connectivity index (χ1n) is 4.65. The molecule has 2 nitrogen and oxygen atoms in total. The Balaban J connectivity index is 2.79. The van der Waals surface area contributed by atoms with E-state index in [4.69, 9.17) is 0 Å². The summed E-state index contributed by atoms with van der Waals surface area (Å²) in [5.41, 5.74) is 2.58. The largest absolute Gasteiger partial charge is 0.327 e. The highest BCUT2D eigenvalue weighted by Gasteiger charge is 2.09. The van der Waals surface area contributed by atoms with Crippen LogP contribution in [0, 0.1) is 0 Å². The Morgan fingerprint density at radius 2 is 2.33 bits per heavy atom. The first-order valence-corrected chi connectivity index (χ1v) is 4.65. The molecular weight excluding hydrogens is 146 g/mol. The molecule has 1 aromatic rings. The van der Waals surface area contributed by atoms with Gasteiger partial charge in [0, 0.05) is 11.8 Å². The van der Waals surface area contributed by atoms with Crippen LogP contribution in [0.4, 0.5) is 0 Å². The van der Waals surface area contributed by atoms with Crippen molar-refractivity contribution in [3.05, 3.63) is 11.8 Å². The van der Waals surface area contributed by atoms with Gasteiger partial charge in [0.2, 0.25) is 7.98 Å². The van der Waals surface area contributed by atoms with Crippen LogP contribution in [0.2, 0.25) is 0 Å². The highest BCUT2D eigenvalue weighted by Crippen LogP contribution is 2.17. The molecule has 0 amide bonds. The lowest BCUT2D eigenvalue weighted by Gasteiger charge is -2.07. The predicted molar refractivity (Wildman–Crippen MR) is 57.7 cm³/mol. The number of nitrogens with zero attached hydrogens (tertiary/aromatic N) is 2. The monoisotopic (exact) mass is 162 g/mol. The van der Waals surface area contributed by atoms with Crippen molar-refractivity contribution in [3.8, 4) is 0 Å². The van der Waals surface area contributed by atoms with E-state index in [1.165, 1.54) is 24.0 Å². The van der Waals surface area contributed by atoms with E-state index < -0.39 is 0 Å². The molecule has 0 aromatic carbocycles. The van der Waals surface area contributed by atoms with Crippen LogP contribution in [-0.4, -0.2) is 25.5 Å². The Hall–Kier alpha value is -0.660. The van der Waals surface area contributed by atoms with Gasteiger partial charge in [-0.15, -0.1) is 0 Å². The van der Waals surface area contributed by atoms with Crippen molar-refractivity contribution in [1.82, 2.24) is 9.69 Å². The molecule has 0 fully saturated rings. The molecule has 0 N–H and O–H groups in total. The van der Waals surface area contributed by atoms with Crippen molar-refractivity contribution in [2.24, 2.45) is 0 Å². The first kappa shape index (κ1) is 9.43. The van der Waals surface area contributed by atoms with Crippen LogP contribution < -0.4 is 5.59 Å². The molecule has 0 spiro atoms. The van der Waals surface area contributed by atoms with Crippen molar-refractivity contribution in [3.63, 3.8) is 0 Å². The summed E-state index contributed by atoms with van der Waals surface area (Å²) in [5, 5.41) is 4.33. The second-order valence-corrected chi connectivity index (χ2v) is 3.53. The topological polar surface area (TPSA) is 17.8 Å². The van der Waals surface area contributed by atoms with Gasteiger partial charge in [-0.05, 0) is 17.9 Å². The van der Waals surface area contributed by atoms with Crippen molar-refractivity contribution in [1.29, 1.82) is 0 Å². The summed E-state index contributed by atoms with van der Waals surface area (Å²) in [4.78, 5) is 0. The maximum Gasteiger partial charge on any atom is 0.248 e. The zero-order valence-corrected chi connectivity index (χ0v) is 8.46. The Kier molecular flexibility index (Phi) is 3.01. The van der Waals surface area contributed by atoms with Gasteiger partial charge >= 0.3 is 0 Å². The fourth-order valence-corrected chi connectivity index (χ4v) is 1.69. The maximum absolute atomic E-state index is 4.33. The zero-order chi connectivity index (χ0) is 9.14. The van der Waals surface area contributed by atoms with Gasteiger partial charge in [0.15, 0.2) is 7.85 Å². The molecule has 0 aliphatic carbocycles. The maximum atomic E-state index is 4.33. The molecule has 1 aromatic heterocycles. The Morgan fingerprint density at radius 1 is 1.67 bits per heavy atom. The van der Waals surface area contributed by atoms with E-state index in [0.717, 1.165) is 0 Å². The summed E-state index contributed by atoms with van der Waals surface area (Å²) in [5.74, 6) is 0.656. The second-order valence-electron chi connectivity index (χ2n) is 3.53. The summed E-state index contributed by atoms with van der Waals surface area (Å²) in [6.45, 7) is 4.50. The molecular formula is C8H16B2N2. The molecule has 1 atom stereocenters. The fraction of sp³-hybridized carbons (Fsp3) is 0.625. The Labute approximate surface area is 76.2 Å². The third-order valence-corrected chi connectivity index (χ3v) is 2.30. The van der Waals surface area contributed by atoms with Crippen molar-refractivity contribution in [2.75, 3.05) is 0 Å². The zero-order valence-electron chi connectivity index (χ0n) is 8.46. The van der Waals surface area contributed by atoms with E-state index in [-0.39, 0.29) is 0 Å². The van der Waals surface area contributed by atoms with Crippen LogP contribution in [0.5, 0.6) is 0 Å². The van der Waals surface area contributed by atoms with E-state index in [9.17, 15) is 0 Å². The minimum atomic E-state index is 0.656. The van der Waals surface area contributed by atoms with Gasteiger partial charge < -0.3 is 4.59 Å². The summed E-state index contributed by atoms with van der Waals surface area (Å²) < 4.78 is 1.90. The number of hydrogen-bond acceptors (Lipinski definition) is 1. The molecule has 64 valence electrons. The van der Waals surface area contributed by atoms with E-state index in [1.54, 1.807) is 0 Å². The molecule has 0 bridgehead atoms. The lowest BCUT2D eigenvalue weighted by atomic mass is 9.90. The molecule has 1 heterocycles. The standard InChI is InChI=1S/C8H16B2N2/c1-3-4-6(2)7-5-12(10)11-8(7)9/h5-6H,3-4,9-10H2,1-2H3. The molecule has 1 rings (SSSR count). The van der Waals surface area contributed by atoms with Crippen molar-refractivity contribution < 1.29 is 0 Å². The summed E-state index contributed by atoms with van der Waals surface area (Å²) >= 11 is 0. The average Bonchev–Trinajstić information content (AvgIpc) is 2.30. The van der Waals surface area contributed by atoms with Crippen molar-refractivity contribution in [2.45, 2.75) is 32.6 Å². The highest BCUT2D eigenvalue weighted by atomic mass is 15.2. The molecule has 0 saturated heterocycles. The normalized spacial score (nSPS) is 13.2. The average molecular weight is 162 g/mol. The molecule has 0 radical (unpaired) electrons. The molecule has 0 saturated carbocycles. The molecule has 0 aliphatic heterocycles. The number of hydrogen-bond donors (Lipinski definition) is 0. The van der Waals surface area contributed by atoms with Gasteiger partial charge in [0.25, 0.3) is 0 Å². The van der Waals surface area contributed by atoms with Crippen LogP contribution in [0.1, 0.15) is 38.2 Å². The van der Waals surface area contributed by atoms with E-state index in [0.29, 0.717) is 5.92 Å². The number of rotatable bonds is 3. The quantitative estimate of drug-likeness (QED) is 0.544. The van der Waals surface area contributed by atoms with Crippen LogP contribution in [0.25, 0.3) is 0 Å². The van der Waals surface area contributed by atoms with Crippen molar-refractivity contribution >= 4 is 21.4 Å². The minimum Gasteiger partial charge on any atom is -0.327 e. The van der Waals surface area contributed by atoms with Gasteiger partial charge in [0.05, 0.1) is 0 Å². The smallest absolute Gasteiger partial charge is 0.248 e. The Morgan fingerprint density at radius 3 is 2.75 bits per heavy atom. The first-order chi connectivity index (χ1) is 5.65. The number of aromatic nitrogens is 2. The van der Waals surface area contributed by atoms with Gasteiger partial charge in [-0.25, -0.2) is 5.10 Å².